The second-order valence-corrected chi connectivity index (χ2v) is 6.82. The van der Waals surface area contributed by atoms with Crippen molar-refractivity contribution in [2.24, 2.45) is 0 Å². The summed E-state index contributed by atoms with van der Waals surface area (Å²) in [5.41, 5.74) is 1.95. The van der Waals surface area contributed by atoms with E-state index < -0.39 is 24.2 Å². The lowest BCUT2D eigenvalue weighted by Crippen LogP contribution is -2.54. The summed E-state index contributed by atoms with van der Waals surface area (Å²) in [6, 6.07) is 12.6. The van der Waals surface area contributed by atoms with Crippen LogP contribution in [0.25, 0.3) is 0 Å². The maximum atomic E-state index is 13.2. The molecule has 1 aliphatic rings. The molecule has 8 heteroatoms. The van der Waals surface area contributed by atoms with Gasteiger partial charge in [-0.3, -0.25) is 5.01 Å². The van der Waals surface area contributed by atoms with Crippen LogP contribution >= 0.6 is 11.6 Å². The first-order chi connectivity index (χ1) is 14.0. The molecule has 29 heavy (non-hydrogen) atoms. The molecule has 0 saturated heterocycles. The molecule has 0 fully saturated rings. The molecule has 0 N–H and O–H groups in total. The van der Waals surface area contributed by atoms with Crippen LogP contribution < -0.4 is 5.01 Å². The third kappa shape index (κ3) is 4.37. The maximum absolute atomic E-state index is 13.2. The number of para-hydroxylation sites is 1. The van der Waals surface area contributed by atoms with Crippen molar-refractivity contribution in [2.45, 2.75) is 32.7 Å². The number of carbonyl (C=O) groups excluding carboxylic acids is 2. The Morgan fingerprint density at radius 3 is 2.17 bits per heavy atom. The van der Waals surface area contributed by atoms with Gasteiger partial charge in [-0.05, 0) is 37.6 Å². The molecule has 1 heterocycles. The van der Waals surface area contributed by atoms with Gasteiger partial charge in [-0.2, -0.15) is 5.01 Å². The van der Waals surface area contributed by atoms with E-state index >= 15 is 0 Å². The van der Waals surface area contributed by atoms with E-state index in [4.69, 9.17) is 21.1 Å². The van der Waals surface area contributed by atoms with Crippen LogP contribution in [0.2, 0.25) is 5.02 Å². The maximum Gasteiger partial charge on any atom is 0.337 e. The number of hydrazine groups is 1. The van der Waals surface area contributed by atoms with E-state index in [-0.39, 0.29) is 19.8 Å². The molecular formula is C21H22ClN2O5. The van der Waals surface area contributed by atoms with Gasteiger partial charge in [-0.25, -0.2) is 14.7 Å². The van der Waals surface area contributed by atoms with Gasteiger partial charge in [0.15, 0.2) is 6.23 Å². The Bertz CT molecular complexity index is 856. The van der Waals surface area contributed by atoms with E-state index in [0.29, 0.717) is 16.3 Å². The Hall–Kier alpha value is -2.61. The van der Waals surface area contributed by atoms with Crippen molar-refractivity contribution in [1.29, 1.82) is 0 Å². The van der Waals surface area contributed by atoms with Gasteiger partial charge < -0.3 is 9.47 Å². The van der Waals surface area contributed by atoms with Crippen LogP contribution in [0.1, 0.15) is 31.2 Å². The molecule has 3 rings (SSSR count). The minimum absolute atomic E-state index is 0.0796. The number of hydrogen-bond acceptors (Lipinski definition) is 6. The summed E-state index contributed by atoms with van der Waals surface area (Å²) in [5.74, 6) is -1.64. The zero-order valence-electron chi connectivity index (χ0n) is 16.2. The number of esters is 2. The van der Waals surface area contributed by atoms with Crippen molar-refractivity contribution in [3.8, 4) is 0 Å². The van der Waals surface area contributed by atoms with Gasteiger partial charge in [0.25, 0.3) is 0 Å². The van der Waals surface area contributed by atoms with Crippen LogP contribution in [0.5, 0.6) is 0 Å². The minimum Gasteiger partial charge on any atom is -0.464 e. The van der Waals surface area contributed by atoms with Gasteiger partial charge in [0, 0.05) is 10.6 Å². The Morgan fingerprint density at radius 1 is 1.00 bits per heavy atom. The zero-order valence-corrected chi connectivity index (χ0v) is 17.0. The first-order valence-corrected chi connectivity index (χ1v) is 9.74. The van der Waals surface area contributed by atoms with Crippen molar-refractivity contribution in [3.05, 3.63) is 64.7 Å². The molecule has 2 aromatic carbocycles. The fourth-order valence-electron chi connectivity index (χ4n) is 3.28. The summed E-state index contributed by atoms with van der Waals surface area (Å²) in [4.78, 5) is 25.3. The van der Waals surface area contributed by atoms with Crippen molar-refractivity contribution < 1.29 is 24.2 Å². The lowest BCUT2D eigenvalue weighted by molar-refractivity contribution is -0.173. The number of rotatable bonds is 7. The highest BCUT2D eigenvalue weighted by molar-refractivity contribution is 6.30. The third-order valence-electron chi connectivity index (χ3n) is 4.53. The molecule has 1 aliphatic heterocycles. The van der Waals surface area contributed by atoms with E-state index in [1.165, 1.54) is 5.01 Å². The molecular weight excluding hydrogens is 396 g/mol. The van der Waals surface area contributed by atoms with E-state index in [0.717, 1.165) is 5.56 Å². The normalized spacial score (nSPS) is 16.0. The van der Waals surface area contributed by atoms with Crippen LogP contribution in [0, 0.1) is 0 Å². The number of carbonyl (C=O) groups is 2. The van der Waals surface area contributed by atoms with Crippen molar-refractivity contribution in [1.82, 2.24) is 5.01 Å². The lowest BCUT2D eigenvalue weighted by atomic mass is 10.1. The highest BCUT2D eigenvalue weighted by Gasteiger charge is 2.48. The Labute approximate surface area is 174 Å². The summed E-state index contributed by atoms with van der Waals surface area (Å²) in [5, 5.41) is 16.7. The minimum atomic E-state index is -1.50. The number of anilines is 1. The van der Waals surface area contributed by atoms with Crippen molar-refractivity contribution in [3.63, 3.8) is 0 Å². The van der Waals surface area contributed by atoms with Gasteiger partial charge in [0.2, 0.25) is 6.04 Å². The topological polar surface area (TPSA) is 79.0 Å². The van der Waals surface area contributed by atoms with Crippen LogP contribution in [0.4, 0.5) is 5.69 Å². The van der Waals surface area contributed by atoms with Gasteiger partial charge >= 0.3 is 11.9 Å². The molecule has 1 atom stereocenters. The predicted octanol–water partition coefficient (Wildman–Crippen LogP) is 3.50. The van der Waals surface area contributed by atoms with Gasteiger partial charge in [-0.15, -0.1) is 0 Å². The molecule has 2 aromatic rings. The number of hydrogen-bond donors (Lipinski definition) is 0. The molecule has 153 valence electrons. The fourth-order valence-corrected chi connectivity index (χ4v) is 3.41. The molecule has 1 unspecified atom stereocenters. The highest BCUT2D eigenvalue weighted by Crippen LogP contribution is 2.41. The molecule has 0 aliphatic carbocycles. The lowest BCUT2D eigenvalue weighted by Gasteiger charge is -2.35. The Kier molecular flexibility index (Phi) is 6.74. The van der Waals surface area contributed by atoms with Crippen LogP contribution in [-0.2, 0) is 30.7 Å². The Morgan fingerprint density at radius 2 is 1.59 bits per heavy atom. The number of nitrogens with zero attached hydrogens (tertiary/aromatic N) is 2. The summed E-state index contributed by atoms with van der Waals surface area (Å²) in [6.07, 6.45) is -1.46. The molecule has 1 radical (unpaired) electrons. The monoisotopic (exact) mass is 417 g/mol. The van der Waals surface area contributed by atoms with Gasteiger partial charge in [0.05, 0.1) is 25.4 Å². The predicted molar refractivity (Wildman–Crippen MR) is 106 cm³/mol. The van der Waals surface area contributed by atoms with Crippen molar-refractivity contribution >= 4 is 29.2 Å². The summed E-state index contributed by atoms with van der Waals surface area (Å²) >= 11 is 5.97. The number of halogens is 1. The average Bonchev–Trinajstić information content (AvgIpc) is 2.97. The molecule has 0 saturated carbocycles. The van der Waals surface area contributed by atoms with Crippen LogP contribution in [-0.4, -0.2) is 36.2 Å². The fraction of sp³-hybridized carbons (Fsp3) is 0.333. The molecule has 0 amide bonds. The largest absolute Gasteiger partial charge is 0.464 e. The quantitative estimate of drug-likeness (QED) is 0.506. The van der Waals surface area contributed by atoms with E-state index in [1.54, 1.807) is 55.3 Å². The standard InChI is InChI=1S/C21H22ClN2O5/c1-3-28-20(26)18(21(27)29-4-2)24-19(25)16-7-5-6-8-17(16)23(24)13-14-9-11-15(22)12-10-14/h5-12,18-19H,3-4,13H2,1-2H3. The number of benzene rings is 2. The SMILES string of the molecule is CCOC(=O)C(C(=O)OCC)N1C([O])c2ccccc2N1Cc1ccc(Cl)cc1. The van der Waals surface area contributed by atoms with Gasteiger partial charge in [0.1, 0.15) is 0 Å². The second-order valence-electron chi connectivity index (χ2n) is 6.38. The van der Waals surface area contributed by atoms with E-state index in [1.807, 2.05) is 12.1 Å². The number of ether oxygens (including phenoxy) is 2. The molecule has 7 nitrogen and oxygen atoms in total. The van der Waals surface area contributed by atoms with Crippen LogP contribution in [0.3, 0.4) is 0 Å². The van der Waals surface area contributed by atoms with Crippen LogP contribution in [0.15, 0.2) is 48.5 Å². The zero-order chi connectivity index (χ0) is 21.0. The molecule has 0 spiro atoms. The first-order valence-electron chi connectivity index (χ1n) is 9.36. The number of fused-ring (bicyclic) bond motifs is 1. The smallest absolute Gasteiger partial charge is 0.337 e. The van der Waals surface area contributed by atoms with E-state index in [9.17, 15) is 14.7 Å². The summed E-state index contributed by atoms with van der Waals surface area (Å²) in [6.45, 7) is 3.70. The third-order valence-corrected chi connectivity index (χ3v) is 4.78. The van der Waals surface area contributed by atoms with Gasteiger partial charge in [-0.1, -0.05) is 41.9 Å². The molecule has 0 bridgehead atoms. The van der Waals surface area contributed by atoms with E-state index in [2.05, 4.69) is 0 Å². The summed E-state index contributed by atoms with van der Waals surface area (Å²) in [7, 11) is 0. The Balaban J connectivity index is 2.03. The average molecular weight is 418 g/mol. The molecule has 0 aromatic heterocycles. The highest BCUT2D eigenvalue weighted by atomic mass is 35.5. The summed E-state index contributed by atoms with van der Waals surface area (Å²) < 4.78 is 10.2. The first kappa shape index (κ1) is 21.1. The van der Waals surface area contributed by atoms with Crippen molar-refractivity contribution in [2.75, 3.05) is 18.2 Å². The second kappa shape index (κ2) is 9.26.